The van der Waals surface area contributed by atoms with E-state index in [0.29, 0.717) is 30.8 Å². The lowest BCUT2D eigenvalue weighted by Crippen LogP contribution is -2.27. The van der Waals surface area contributed by atoms with Crippen molar-refractivity contribution in [1.29, 1.82) is 0 Å². The monoisotopic (exact) mass is 239 g/mol. The van der Waals surface area contributed by atoms with Crippen LogP contribution in [-0.4, -0.2) is 29.0 Å². The number of hydrogen-bond acceptors (Lipinski definition) is 5. The van der Waals surface area contributed by atoms with Crippen LogP contribution in [0.25, 0.3) is 0 Å². The van der Waals surface area contributed by atoms with Crippen LogP contribution in [0.15, 0.2) is 16.5 Å². The second kappa shape index (κ2) is 4.85. The van der Waals surface area contributed by atoms with Gasteiger partial charge >= 0.3 is 5.88 Å². The summed E-state index contributed by atoms with van der Waals surface area (Å²) in [7, 11) is 0. The molecule has 1 aromatic rings. The van der Waals surface area contributed by atoms with Crippen molar-refractivity contribution in [1.82, 2.24) is 4.90 Å². The summed E-state index contributed by atoms with van der Waals surface area (Å²) in [5.74, 6) is 0.971. The highest BCUT2D eigenvalue weighted by Gasteiger charge is 2.28. The molecule has 2 atom stereocenters. The van der Waals surface area contributed by atoms with E-state index in [0.717, 1.165) is 13.0 Å². The predicted molar refractivity (Wildman–Crippen MR) is 62.4 cm³/mol. The molecule has 2 N–H and O–H groups in total. The van der Waals surface area contributed by atoms with Crippen LogP contribution >= 0.6 is 0 Å². The minimum absolute atomic E-state index is 0.192. The minimum Gasteiger partial charge on any atom is -0.404 e. The van der Waals surface area contributed by atoms with E-state index in [1.807, 2.05) is 0 Å². The van der Waals surface area contributed by atoms with Crippen molar-refractivity contribution in [3.8, 4) is 0 Å². The molecule has 2 heterocycles. The first-order chi connectivity index (χ1) is 8.10. The van der Waals surface area contributed by atoms with Crippen LogP contribution < -0.4 is 5.73 Å². The fraction of sp³-hybridized carbons (Fsp3) is 0.636. The summed E-state index contributed by atoms with van der Waals surface area (Å²) >= 11 is 0. The van der Waals surface area contributed by atoms with Crippen LogP contribution in [0, 0.1) is 16.0 Å². The molecule has 0 saturated carbocycles. The quantitative estimate of drug-likeness (QED) is 0.633. The van der Waals surface area contributed by atoms with E-state index in [9.17, 15) is 10.1 Å². The van der Waals surface area contributed by atoms with Gasteiger partial charge in [0.15, 0.2) is 0 Å². The van der Waals surface area contributed by atoms with Gasteiger partial charge in [-0.2, -0.15) is 0 Å². The molecule has 0 aromatic carbocycles. The van der Waals surface area contributed by atoms with Crippen molar-refractivity contribution in [3.05, 3.63) is 28.0 Å². The third kappa shape index (κ3) is 2.65. The van der Waals surface area contributed by atoms with Crippen LogP contribution in [0.3, 0.4) is 0 Å². The van der Waals surface area contributed by atoms with Gasteiger partial charge in [-0.3, -0.25) is 15.0 Å². The number of furan rings is 1. The molecule has 0 bridgehead atoms. The Morgan fingerprint density at radius 1 is 1.65 bits per heavy atom. The van der Waals surface area contributed by atoms with Gasteiger partial charge in [0.05, 0.1) is 12.6 Å². The molecule has 1 fully saturated rings. The second-order valence-corrected chi connectivity index (χ2v) is 4.61. The normalized spacial score (nSPS) is 25.3. The van der Waals surface area contributed by atoms with Crippen molar-refractivity contribution >= 4 is 5.88 Å². The van der Waals surface area contributed by atoms with Crippen molar-refractivity contribution in [2.24, 2.45) is 11.7 Å². The summed E-state index contributed by atoms with van der Waals surface area (Å²) < 4.78 is 5.15. The molecule has 2 unspecified atom stereocenters. The van der Waals surface area contributed by atoms with E-state index < -0.39 is 4.92 Å². The van der Waals surface area contributed by atoms with Crippen molar-refractivity contribution < 1.29 is 9.34 Å². The maximum atomic E-state index is 10.5. The van der Waals surface area contributed by atoms with Gasteiger partial charge in [-0.1, -0.05) is 0 Å². The number of rotatable bonds is 4. The van der Waals surface area contributed by atoms with E-state index >= 15 is 0 Å². The van der Waals surface area contributed by atoms with Gasteiger partial charge in [0.1, 0.15) is 10.7 Å². The molecule has 6 heteroatoms. The maximum absolute atomic E-state index is 10.5. The number of nitro groups is 1. The first kappa shape index (κ1) is 12.1. The standard InChI is InChI=1S/C11H17N3O3/c1-8-4-9(5-12)6-13(8)7-10-2-3-11(17-10)14(15)16/h2-3,8-9H,4-7,12H2,1H3. The minimum atomic E-state index is -0.514. The van der Waals surface area contributed by atoms with Crippen molar-refractivity contribution in [2.45, 2.75) is 25.9 Å². The molecule has 17 heavy (non-hydrogen) atoms. The molecule has 1 aliphatic rings. The zero-order valence-electron chi connectivity index (χ0n) is 9.83. The summed E-state index contributed by atoms with van der Waals surface area (Å²) in [6.45, 7) is 4.39. The smallest absolute Gasteiger partial charge is 0.404 e. The van der Waals surface area contributed by atoms with Gasteiger partial charge in [0.2, 0.25) is 0 Å². The summed E-state index contributed by atoms with van der Waals surface area (Å²) in [5.41, 5.74) is 5.66. The first-order valence-corrected chi connectivity index (χ1v) is 5.77. The van der Waals surface area contributed by atoms with Gasteiger partial charge in [-0.05, 0) is 31.9 Å². The Bertz CT molecular complexity index is 404. The van der Waals surface area contributed by atoms with Crippen LogP contribution in [0.2, 0.25) is 0 Å². The molecule has 94 valence electrons. The molecule has 1 aliphatic heterocycles. The third-order valence-corrected chi connectivity index (χ3v) is 3.31. The van der Waals surface area contributed by atoms with Crippen LogP contribution in [0.1, 0.15) is 19.1 Å². The average Bonchev–Trinajstić information content (AvgIpc) is 2.87. The topological polar surface area (TPSA) is 85.5 Å². The summed E-state index contributed by atoms with van der Waals surface area (Å²) in [5, 5.41) is 10.5. The zero-order chi connectivity index (χ0) is 12.4. The summed E-state index contributed by atoms with van der Waals surface area (Å²) in [6.07, 6.45) is 1.08. The Balaban J connectivity index is 1.98. The molecule has 0 aliphatic carbocycles. The van der Waals surface area contributed by atoms with E-state index in [-0.39, 0.29) is 5.88 Å². The van der Waals surface area contributed by atoms with Gasteiger partial charge in [-0.25, -0.2) is 0 Å². The SMILES string of the molecule is CC1CC(CN)CN1Cc1ccc([N+](=O)[O-])o1. The predicted octanol–water partition coefficient (Wildman–Crippen LogP) is 1.36. The fourth-order valence-electron chi connectivity index (χ4n) is 2.36. The Kier molecular flexibility index (Phi) is 3.44. The van der Waals surface area contributed by atoms with E-state index in [1.54, 1.807) is 6.07 Å². The Morgan fingerprint density at radius 2 is 2.41 bits per heavy atom. The van der Waals surface area contributed by atoms with Crippen LogP contribution in [-0.2, 0) is 6.54 Å². The second-order valence-electron chi connectivity index (χ2n) is 4.61. The lowest BCUT2D eigenvalue weighted by molar-refractivity contribution is -0.402. The lowest BCUT2D eigenvalue weighted by Gasteiger charge is -2.19. The largest absolute Gasteiger partial charge is 0.433 e. The maximum Gasteiger partial charge on any atom is 0.433 e. The highest BCUT2D eigenvalue weighted by molar-refractivity contribution is 5.17. The van der Waals surface area contributed by atoms with E-state index in [2.05, 4.69) is 11.8 Å². The average molecular weight is 239 g/mol. The highest BCUT2D eigenvalue weighted by atomic mass is 16.6. The molecule has 1 saturated heterocycles. The Labute approximate surface area is 99.5 Å². The number of hydrogen-bond donors (Lipinski definition) is 1. The lowest BCUT2D eigenvalue weighted by atomic mass is 10.1. The van der Waals surface area contributed by atoms with Crippen molar-refractivity contribution in [3.63, 3.8) is 0 Å². The third-order valence-electron chi connectivity index (χ3n) is 3.31. The number of nitrogens with zero attached hydrogens (tertiary/aromatic N) is 2. The van der Waals surface area contributed by atoms with Crippen LogP contribution in [0.5, 0.6) is 0 Å². The van der Waals surface area contributed by atoms with Crippen LogP contribution in [0.4, 0.5) is 5.88 Å². The Hall–Kier alpha value is -1.40. The van der Waals surface area contributed by atoms with Gasteiger partial charge in [0.25, 0.3) is 0 Å². The molecular formula is C11H17N3O3. The zero-order valence-corrected chi connectivity index (χ0v) is 9.83. The number of nitrogens with two attached hydrogens (primary N) is 1. The molecule has 0 radical (unpaired) electrons. The molecule has 6 nitrogen and oxygen atoms in total. The van der Waals surface area contributed by atoms with Gasteiger partial charge in [0, 0.05) is 12.6 Å². The number of likely N-dealkylation sites (tertiary alicyclic amines) is 1. The molecule has 0 amide bonds. The van der Waals surface area contributed by atoms with Gasteiger partial charge in [-0.15, -0.1) is 0 Å². The summed E-state index contributed by atoms with van der Waals surface area (Å²) in [6, 6.07) is 3.52. The molecule has 1 aromatic heterocycles. The molecule has 2 rings (SSSR count). The van der Waals surface area contributed by atoms with Gasteiger partial charge < -0.3 is 10.2 Å². The van der Waals surface area contributed by atoms with E-state index in [1.165, 1.54) is 6.07 Å². The summed E-state index contributed by atoms with van der Waals surface area (Å²) in [4.78, 5) is 12.2. The Morgan fingerprint density at radius 3 is 2.94 bits per heavy atom. The fourth-order valence-corrected chi connectivity index (χ4v) is 2.36. The highest BCUT2D eigenvalue weighted by Crippen LogP contribution is 2.25. The molecular weight excluding hydrogens is 222 g/mol. The van der Waals surface area contributed by atoms with Crippen molar-refractivity contribution in [2.75, 3.05) is 13.1 Å². The first-order valence-electron chi connectivity index (χ1n) is 5.77. The van der Waals surface area contributed by atoms with E-state index in [4.69, 9.17) is 10.2 Å². The molecule has 0 spiro atoms.